The fraction of sp³-hybridized carbons (Fsp3) is 0.269. The van der Waals surface area contributed by atoms with Gasteiger partial charge in [-0.25, -0.2) is 0 Å². The quantitative estimate of drug-likeness (QED) is 0.539. The van der Waals surface area contributed by atoms with Crippen molar-refractivity contribution in [2.24, 2.45) is 5.92 Å². The molecule has 0 saturated heterocycles. The summed E-state index contributed by atoms with van der Waals surface area (Å²) in [5.41, 5.74) is 3.20. The molecule has 0 bridgehead atoms. The van der Waals surface area contributed by atoms with E-state index in [0.29, 0.717) is 16.5 Å². The van der Waals surface area contributed by atoms with Crippen molar-refractivity contribution in [1.82, 2.24) is 0 Å². The van der Waals surface area contributed by atoms with Crippen molar-refractivity contribution in [2.75, 3.05) is 11.9 Å². The van der Waals surface area contributed by atoms with Crippen LogP contribution in [0.5, 0.6) is 0 Å². The Morgan fingerprint density at radius 3 is 2.34 bits per heavy atom. The molecular weight excluding hydrogens is 420 g/mol. The van der Waals surface area contributed by atoms with Gasteiger partial charge in [0.1, 0.15) is 17.0 Å². The number of esters is 1. The minimum absolute atomic E-state index is 0.404. The summed E-state index contributed by atoms with van der Waals surface area (Å²) in [6, 6.07) is 21.0. The van der Waals surface area contributed by atoms with Crippen LogP contribution in [0.15, 0.2) is 60.7 Å². The number of rotatable bonds is 6. The van der Waals surface area contributed by atoms with Gasteiger partial charge in [-0.1, -0.05) is 67.6 Å². The number of hydrogen-bond acceptors (Lipinski definition) is 5. The number of benzene rings is 2. The maximum Gasteiger partial charge on any atom is 0.318 e. The molecule has 1 aliphatic carbocycles. The van der Waals surface area contributed by atoms with Crippen LogP contribution in [0.4, 0.5) is 5.00 Å². The number of carbonyl (C=O) groups is 2. The van der Waals surface area contributed by atoms with Gasteiger partial charge in [-0.05, 0) is 41.9 Å². The zero-order valence-electron chi connectivity index (χ0n) is 17.8. The number of amides is 1. The second-order valence-electron chi connectivity index (χ2n) is 8.08. The van der Waals surface area contributed by atoms with Gasteiger partial charge in [0.05, 0.1) is 5.56 Å². The third kappa shape index (κ3) is 4.74. The predicted octanol–water partition coefficient (Wildman–Crippen LogP) is 5.06. The molecule has 0 fully saturated rings. The largest absolute Gasteiger partial charge is 0.455 e. The zero-order valence-corrected chi connectivity index (χ0v) is 18.7. The molecule has 2 aromatic carbocycles. The van der Waals surface area contributed by atoms with Crippen LogP contribution < -0.4 is 5.32 Å². The summed E-state index contributed by atoms with van der Waals surface area (Å²) in [6.45, 7) is 1.79. The van der Waals surface area contributed by atoms with E-state index in [2.05, 4.69) is 18.3 Å². The van der Waals surface area contributed by atoms with E-state index in [9.17, 15) is 14.9 Å². The van der Waals surface area contributed by atoms with Gasteiger partial charge in [0.15, 0.2) is 6.61 Å². The van der Waals surface area contributed by atoms with E-state index in [0.717, 1.165) is 36.0 Å². The monoisotopic (exact) mass is 444 g/mol. The van der Waals surface area contributed by atoms with Crippen LogP contribution in [0.1, 0.15) is 46.4 Å². The van der Waals surface area contributed by atoms with Crippen molar-refractivity contribution >= 4 is 28.2 Å². The smallest absolute Gasteiger partial charge is 0.318 e. The number of anilines is 1. The molecule has 1 aliphatic rings. The average Bonchev–Trinajstić information content (AvgIpc) is 3.15. The number of nitrogens with zero attached hydrogens (tertiary/aromatic N) is 1. The van der Waals surface area contributed by atoms with Crippen molar-refractivity contribution in [3.05, 3.63) is 87.8 Å². The van der Waals surface area contributed by atoms with Crippen molar-refractivity contribution in [2.45, 2.75) is 32.1 Å². The minimum Gasteiger partial charge on any atom is -0.455 e. The van der Waals surface area contributed by atoms with E-state index in [1.54, 1.807) is 0 Å². The molecule has 5 nitrogen and oxygen atoms in total. The Balaban J connectivity index is 1.45. The summed E-state index contributed by atoms with van der Waals surface area (Å²) < 4.78 is 5.41. The first kappa shape index (κ1) is 21.8. The van der Waals surface area contributed by atoms with E-state index in [1.807, 2.05) is 60.7 Å². The molecule has 1 aromatic heterocycles. The molecule has 1 N–H and O–H groups in total. The molecule has 0 aliphatic heterocycles. The first-order chi connectivity index (χ1) is 15.6. The van der Waals surface area contributed by atoms with Crippen LogP contribution in [-0.2, 0) is 27.2 Å². The van der Waals surface area contributed by atoms with Crippen molar-refractivity contribution < 1.29 is 14.3 Å². The lowest BCUT2D eigenvalue weighted by atomic mass is 9.89. The lowest BCUT2D eigenvalue weighted by Crippen LogP contribution is -2.24. The Bertz CT molecular complexity index is 1110. The summed E-state index contributed by atoms with van der Waals surface area (Å²) in [4.78, 5) is 26.7. The molecule has 0 unspecified atom stereocenters. The molecule has 32 heavy (non-hydrogen) atoms. The maximum absolute atomic E-state index is 13.0. The summed E-state index contributed by atoms with van der Waals surface area (Å²) >= 11 is 1.46. The van der Waals surface area contributed by atoms with Crippen molar-refractivity contribution in [1.29, 1.82) is 5.26 Å². The lowest BCUT2D eigenvalue weighted by Gasteiger charge is -2.17. The third-order valence-electron chi connectivity index (χ3n) is 5.72. The van der Waals surface area contributed by atoms with Crippen LogP contribution in [0.2, 0.25) is 0 Å². The summed E-state index contributed by atoms with van der Waals surface area (Å²) in [6.07, 6.45) is 2.83. The van der Waals surface area contributed by atoms with Crippen LogP contribution in [0.25, 0.3) is 0 Å². The van der Waals surface area contributed by atoms with E-state index in [4.69, 9.17) is 4.74 Å². The van der Waals surface area contributed by atoms with Crippen molar-refractivity contribution in [3.63, 3.8) is 0 Å². The van der Waals surface area contributed by atoms with Gasteiger partial charge in [0.25, 0.3) is 5.91 Å². The standard InChI is InChI=1S/C26H24N2O3S/c1-17-12-13-20-21(15-27)25(32-22(20)14-17)28-23(29)16-31-26(30)24(18-8-4-2-5-9-18)19-10-6-3-7-11-19/h2-11,17,24H,12-14,16H2,1H3,(H,28,29)/t17-/m1/s1. The van der Waals surface area contributed by atoms with Gasteiger partial charge >= 0.3 is 5.97 Å². The van der Waals surface area contributed by atoms with E-state index < -0.39 is 24.4 Å². The molecule has 1 heterocycles. The molecule has 1 atom stereocenters. The Morgan fingerprint density at radius 2 is 1.75 bits per heavy atom. The lowest BCUT2D eigenvalue weighted by molar-refractivity contribution is -0.147. The molecule has 3 aromatic rings. The summed E-state index contributed by atoms with van der Waals surface area (Å²) in [7, 11) is 0. The van der Waals surface area contributed by atoms with Gasteiger partial charge in [0.2, 0.25) is 0 Å². The van der Waals surface area contributed by atoms with Crippen molar-refractivity contribution in [3.8, 4) is 6.07 Å². The van der Waals surface area contributed by atoms with E-state index >= 15 is 0 Å². The van der Waals surface area contributed by atoms with Crippen LogP contribution >= 0.6 is 11.3 Å². The van der Waals surface area contributed by atoms with Gasteiger partial charge in [0, 0.05) is 4.88 Å². The molecule has 4 rings (SSSR count). The second-order valence-corrected chi connectivity index (χ2v) is 9.18. The predicted molar refractivity (Wildman–Crippen MR) is 125 cm³/mol. The highest BCUT2D eigenvalue weighted by atomic mass is 32.1. The van der Waals surface area contributed by atoms with Gasteiger partial charge in [-0.15, -0.1) is 11.3 Å². The number of ether oxygens (including phenoxy) is 1. The first-order valence-corrected chi connectivity index (χ1v) is 11.5. The minimum atomic E-state index is -0.615. The molecule has 0 saturated carbocycles. The number of carbonyl (C=O) groups excluding carboxylic acids is 2. The average molecular weight is 445 g/mol. The second kappa shape index (κ2) is 9.80. The topological polar surface area (TPSA) is 79.2 Å². The fourth-order valence-corrected chi connectivity index (χ4v) is 5.47. The summed E-state index contributed by atoms with van der Waals surface area (Å²) in [5, 5.41) is 12.9. The first-order valence-electron chi connectivity index (χ1n) is 10.7. The normalized spacial score (nSPS) is 15.0. The highest BCUT2D eigenvalue weighted by Crippen LogP contribution is 2.39. The Morgan fingerprint density at radius 1 is 1.12 bits per heavy atom. The Kier molecular flexibility index (Phi) is 6.67. The zero-order chi connectivity index (χ0) is 22.5. The molecule has 0 spiro atoms. The third-order valence-corrected chi connectivity index (χ3v) is 6.89. The number of nitrogens with one attached hydrogen (secondary N) is 1. The van der Waals surface area contributed by atoms with E-state index in [-0.39, 0.29) is 0 Å². The van der Waals surface area contributed by atoms with Gasteiger partial charge < -0.3 is 10.1 Å². The van der Waals surface area contributed by atoms with Crippen LogP contribution in [0, 0.1) is 17.2 Å². The number of nitriles is 1. The maximum atomic E-state index is 13.0. The van der Waals surface area contributed by atoms with E-state index in [1.165, 1.54) is 16.2 Å². The number of fused-ring (bicyclic) bond motifs is 1. The van der Waals surface area contributed by atoms with Gasteiger partial charge in [-0.3, -0.25) is 9.59 Å². The molecule has 162 valence electrons. The number of thiophene rings is 1. The fourth-order valence-electron chi connectivity index (χ4n) is 4.10. The van der Waals surface area contributed by atoms with Crippen LogP contribution in [0.3, 0.4) is 0 Å². The molecule has 1 amide bonds. The number of hydrogen-bond donors (Lipinski definition) is 1. The van der Waals surface area contributed by atoms with Crippen LogP contribution in [-0.4, -0.2) is 18.5 Å². The molecular formula is C26H24N2O3S. The highest BCUT2D eigenvalue weighted by molar-refractivity contribution is 7.16. The molecule has 6 heteroatoms. The Labute approximate surface area is 191 Å². The van der Waals surface area contributed by atoms with Gasteiger partial charge in [-0.2, -0.15) is 5.26 Å². The Hall–Kier alpha value is -3.43. The summed E-state index contributed by atoms with van der Waals surface area (Å²) in [5.74, 6) is -0.973. The molecule has 0 radical (unpaired) electrons. The highest BCUT2D eigenvalue weighted by Gasteiger charge is 2.27. The SMILES string of the molecule is C[C@@H]1CCc2c(sc(NC(=O)COC(=O)C(c3ccccc3)c3ccccc3)c2C#N)C1.